The minimum absolute atomic E-state index is 0.0144. The molecule has 1 aromatic carbocycles. The van der Waals surface area contributed by atoms with Crippen molar-refractivity contribution in [3.8, 4) is 5.75 Å². The second-order valence-electron chi connectivity index (χ2n) is 5.84. The van der Waals surface area contributed by atoms with Gasteiger partial charge in [0.05, 0.1) is 15.9 Å². The smallest absolute Gasteiger partial charge is 0.391 e. The summed E-state index contributed by atoms with van der Waals surface area (Å²) in [7, 11) is 0. The third-order valence-corrected chi connectivity index (χ3v) is 4.69. The van der Waals surface area contributed by atoms with Crippen LogP contribution in [0.4, 0.5) is 24.5 Å². The third kappa shape index (κ3) is 3.15. The van der Waals surface area contributed by atoms with Crippen LogP contribution in [0.2, 0.25) is 5.02 Å². The zero-order valence-electron chi connectivity index (χ0n) is 12.8. The first-order valence-corrected chi connectivity index (χ1v) is 7.84. The summed E-state index contributed by atoms with van der Waals surface area (Å²) in [5.41, 5.74) is -0.117. The number of benzene rings is 1. The Bertz CT molecular complexity index is 836. The lowest BCUT2D eigenvalue weighted by molar-refractivity contribution is -0.385. The van der Waals surface area contributed by atoms with Gasteiger partial charge in [-0.25, -0.2) is 0 Å². The summed E-state index contributed by atoms with van der Waals surface area (Å²) in [6.45, 7) is 0.328. The molecule has 1 aliphatic heterocycles. The maximum atomic E-state index is 12.8. The SMILES string of the molecule is O=[N+]([O-])c1cc(Cl)c2c(N3CCC(C(F)(F)F)CC3)ccnc2c1O. The number of hydrogen-bond acceptors (Lipinski definition) is 5. The lowest BCUT2D eigenvalue weighted by atomic mass is 9.95. The molecule has 0 bridgehead atoms. The number of phenols is 1. The van der Waals surface area contributed by atoms with Crippen LogP contribution in [0.15, 0.2) is 18.3 Å². The van der Waals surface area contributed by atoms with E-state index in [0.29, 0.717) is 5.69 Å². The number of phenolic OH excluding ortho intramolecular Hbond substituents is 1. The zero-order chi connectivity index (χ0) is 18.4. The molecule has 1 aromatic heterocycles. The van der Waals surface area contributed by atoms with E-state index in [-0.39, 0.29) is 41.9 Å². The molecule has 1 fully saturated rings. The second kappa shape index (κ2) is 6.21. The van der Waals surface area contributed by atoms with Crippen LogP contribution in [-0.4, -0.2) is 34.3 Å². The van der Waals surface area contributed by atoms with Crippen LogP contribution in [-0.2, 0) is 0 Å². The zero-order valence-corrected chi connectivity index (χ0v) is 13.5. The van der Waals surface area contributed by atoms with Gasteiger partial charge in [-0.1, -0.05) is 11.6 Å². The first-order chi connectivity index (χ1) is 11.7. The molecule has 0 radical (unpaired) electrons. The molecule has 10 heteroatoms. The van der Waals surface area contributed by atoms with E-state index in [9.17, 15) is 28.4 Å². The fourth-order valence-corrected chi connectivity index (χ4v) is 3.39. The van der Waals surface area contributed by atoms with E-state index in [1.165, 1.54) is 6.20 Å². The number of anilines is 1. The predicted octanol–water partition coefficient (Wildman–Crippen LogP) is 4.28. The van der Waals surface area contributed by atoms with Crippen molar-refractivity contribution in [3.05, 3.63) is 33.5 Å². The van der Waals surface area contributed by atoms with Crippen molar-refractivity contribution in [1.82, 2.24) is 4.98 Å². The van der Waals surface area contributed by atoms with Gasteiger partial charge in [-0.05, 0) is 18.9 Å². The fraction of sp³-hybridized carbons (Fsp3) is 0.400. The van der Waals surface area contributed by atoms with Gasteiger partial charge in [-0.2, -0.15) is 13.2 Å². The standard InChI is InChI=1S/C15H13ClF3N3O3/c16-9-7-11(22(24)25)14(23)13-12(9)10(1-4-20-13)21-5-2-8(3-6-21)15(17,18)19/h1,4,7-8,23H,2-3,5-6H2. The Morgan fingerprint density at radius 1 is 1.36 bits per heavy atom. The van der Waals surface area contributed by atoms with Crippen LogP contribution in [0.1, 0.15) is 12.8 Å². The molecular formula is C15H13ClF3N3O3. The van der Waals surface area contributed by atoms with Gasteiger partial charge in [0, 0.05) is 36.4 Å². The number of pyridine rings is 1. The monoisotopic (exact) mass is 375 g/mol. The van der Waals surface area contributed by atoms with Crippen LogP contribution in [0, 0.1) is 16.0 Å². The van der Waals surface area contributed by atoms with E-state index in [2.05, 4.69) is 4.98 Å². The molecule has 134 valence electrons. The third-order valence-electron chi connectivity index (χ3n) is 4.39. The van der Waals surface area contributed by atoms with E-state index in [1.807, 2.05) is 0 Å². The number of halogens is 4. The van der Waals surface area contributed by atoms with Gasteiger partial charge in [-0.3, -0.25) is 15.1 Å². The molecule has 3 rings (SSSR count). The van der Waals surface area contributed by atoms with Crippen LogP contribution in [0.5, 0.6) is 5.75 Å². The second-order valence-corrected chi connectivity index (χ2v) is 6.25. The summed E-state index contributed by atoms with van der Waals surface area (Å²) >= 11 is 6.14. The Balaban J connectivity index is 2.01. The Morgan fingerprint density at radius 3 is 2.56 bits per heavy atom. The largest absolute Gasteiger partial charge is 0.501 e. The summed E-state index contributed by atoms with van der Waals surface area (Å²) in [4.78, 5) is 15.9. The van der Waals surface area contributed by atoms with Crippen molar-refractivity contribution in [1.29, 1.82) is 0 Å². The average molecular weight is 376 g/mol. The molecule has 0 atom stereocenters. The van der Waals surface area contributed by atoms with Crippen molar-refractivity contribution in [3.63, 3.8) is 0 Å². The molecule has 0 amide bonds. The number of nitrogens with zero attached hydrogens (tertiary/aromatic N) is 3. The van der Waals surface area contributed by atoms with Crippen molar-refractivity contribution in [2.45, 2.75) is 19.0 Å². The number of nitro groups is 1. The summed E-state index contributed by atoms with van der Waals surface area (Å²) in [6.07, 6.45) is -2.98. The van der Waals surface area contributed by atoms with Crippen LogP contribution >= 0.6 is 11.6 Å². The number of rotatable bonds is 2. The lowest BCUT2D eigenvalue weighted by Crippen LogP contribution is -2.39. The normalized spacial score (nSPS) is 16.4. The van der Waals surface area contributed by atoms with E-state index in [0.717, 1.165) is 6.07 Å². The van der Waals surface area contributed by atoms with Crippen LogP contribution < -0.4 is 4.90 Å². The van der Waals surface area contributed by atoms with Gasteiger partial charge in [0.15, 0.2) is 0 Å². The Kier molecular flexibility index (Phi) is 4.36. The molecule has 0 unspecified atom stereocenters. The molecule has 1 aliphatic rings. The van der Waals surface area contributed by atoms with Crippen molar-refractivity contribution in [2.24, 2.45) is 5.92 Å². The predicted molar refractivity (Wildman–Crippen MR) is 86.1 cm³/mol. The Hall–Kier alpha value is -2.29. The maximum absolute atomic E-state index is 12.8. The van der Waals surface area contributed by atoms with E-state index >= 15 is 0 Å². The minimum atomic E-state index is -4.22. The number of alkyl halides is 3. The number of fused-ring (bicyclic) bond motifs is 1. The van der Waals surface area contributed by atoms with Crippen LogP contribution in [0.3, 0.4) is 0 Å². The van der Waals surface area contributed by atoms with Crippen molar-refractivity contribution >= 4 is 33.9 Å². The molecule has 6 nitrogen and oxygen atoms in total. The minimum Gasteiger partial charge on any atom is -0.501 e. The summed E-state index contributed by atoms with van der Waals surface area (Å²) < 4.78 is 38.4. The molecule has 0 spiro atoms. The molecule has 1 saturated heterocycles. The van der Waals surface area contributed by atoms with E-state index < -0.39 is 28.5 Å². The number of aromatic nitrogens is 1. The Morgan fingerprint density at radius 2 is 2.00 bits per heavy atom. The molecule has 25 heavy (non-hydrogen) atoms. The van der Waals surface area contributed by atoms with Gasteiger partial charge in [0.25, 0.3) is 0 Å². The lowest BCUT2D eigenvalue weighted by Gasteiger charge is -2.35. The molecule has 2 aromatic rings. The van der Waals surface area contributed by atoms with Crippen LogP contribution in [0.25, 0.3) is 10.9 Å². The molecule has 2 heterocycles. The number of piperidine rings is 1. The highest BCUT2D eigenvalue weighted by Gasteiger charge is 2.41. The highest BCUT2D eigenvalue weighted by atomic mass is 35.5. The maximum Gasteiger partial charge on any atom is 0.391 e. The molecule has 1 N–H and O–H groups in total. The highest BCUT2D eigenvalue weighted by molar-refractivity contribution is 6.37. The van der Waals surface area contributed by atoms with E-state index in [1.54, 1.807) is 11.0 Å². The first-order valence-electron chi connectivity index (χ1n) is 7.46. The molecule has 0 aliphatic carbocycles. The highest BCUT2D eigenvalue weighted by Crippen LogP contribution is 2.43. The average Bonchev–Trinajstić information content (AvgIpc) is 2.56. The van der Waals surface area contributed by atoms with Gasteiger partial charge >= 0.3 is 11.9 Å². The summed E-state index contributed by atoms with van der Waals surface area (Å²) in [6, 6.07) is 2.60. The Labute approximate surface area is 145 Å². The summed E-state index contributed by atoms with van der Waals surface area (Å²) in [5, 5.41) is 21.4. The number of nitro benzene ring substituents is 1. The topological polar surface area (TPSA) is 79.5 Å². The molecule has 0 saturated carbocycles. The number of aromatic hydroxyl groups is 1. The van der Waals surface area contributed by atoms with Gasteiger partial charge in [-0.15, -0.1) is 0 Å². The molecular weight excluding hydrogens is 363 g/mol. The van der Waals surface area contributed by atoms with E-state index in [4.69, 9.17) is 11.6 Å². The number of hydrogen-bond donors (Lipinski definition) is 1. The van der Waals surface area contributed by atoms with Gasteiger partial charge in [0.2, 0.25) is 5.75 Å². The van der Waals surface area contributed by atoms with Crippen molar-refractivity contribution < 1.29 is 23.2 Å². The van der Waals surface area contributed by atoms with Gasteiger partial charge < -0.3 is 10.0 Å². The van der Waals surface area contributed by atoms with Gasteiger partial charge in [0.1, 0.15) is 5.52 Å². The van der Waals surface area contributed by atoms with Crippen molar-refractivity contribution in [2.75, 3.05) is 18.0 Å². The summed E-state index contributed by atoms with van der Waals surface area (Å²) in [5.74, 6) is -1.96. The quantitative estimate of drug-likeness (QED) is 0.626. The first kappa shape index (κ1) is 17.5. The fourth-order valence-electron chi connectivity index (χ4n) is 3.10.